The standard InChI is InChI=1S/C29H30N2O4S/c1-21(26-14-8-12-24-11-6-7-13-27(24)26)30-29(33)28(19-22-15-17-25(32)18-16-22)31(2)36(34,35)20-23-9-4-3-5-10-23/h3-18,21,28,32H,19-20H2,1-2H3,(H,30,33)/t21?,28-/m0/s1. The third-order valence-electron chi connectivity index (χ3n) is 6.39. The van der Waals surface area contributed by atoms with Crippen LogP contribution in [-0.4, -0.2) is 36.8 Å². The maximum absolute atomic E-state index is 13.6. The van der Waals surface area contributed by atoms with Crippen LogP contribution in [0, 0.1) is 0 Å². The van der Waals surface area contributed by atoms with Gasteiger partial charge in [0.15, 0.2) is 0 Å². The quantitative estimate of drug-likeness (QED) is 0.344. The molecule has 2 atom stereocenters. The van der Waals surface area contributed by atoms with Crippen molar-refractivity contribution in [2.75, 3.05) is 7.05 Å². The number of benzene rings is 4. The lowest BCUT2D eigenvalue weighted by molar-refractivity contribution is -0.125. The number of likely N-dealkylation sites (N-methyl/N-ethyl adjacent to an activating group) is 1. The van der Waals surface area contributed by atoms with Crippen molar-refractivity contribution in [1.29, 1.82) is 0 Å². The van der Waals surface area contributed by atoms with E-state index in [-0.39, 0.29) is 29.9 Å². The van der Waals surface area contributed by atoms with Crippen LogP contribution >= 0.6 is 0 Å². The zero-order chi connectivity index (χ0) is 25.7. The molecule has 0 fully saturated rings. The first-order valence-corrected chi connectivity index (χ1v) is 13.4. The molecule has 0 bridgehead atoms. The van der Waals surface area contributed by atoms with Gasteiger partial charge in [0.1, 0.15) is 11.8 Å². The van der Waals surface area contributed by atoms with Crippen molar-refractivity contribution in [3.8, 4) is 5.75 Å². The highest BCUT2D eigenvalue weighted by atomic mass is 32.2. The molecule has 186 valence electrons. The van der Waals surface area contributed by atoms with E-state index in [4.69, 9.17) is 0 Å². The topological polar surface area (TPSA) is 86.7 Å². The van der Waals surface area contributed by atoms with Crippen LogP contribution in [0.3, 0.4) is 0 Å². The van der Waals surface area contributed by atoms with Crippen LogP contribution < -0.4 is 5.32 Å². The summed E-state index contributed by atoms with van der Waals surface area (Å²) in [6.07, 6.45) is 0.166. The molecule has 0 aliphatic rings. The van der Waals surface area contributed by atoms with E-state index >= 15 is 0 Å². The van der Waals surface area contributed by atoms with Gasteiger partial charge < -0.3 is 10.4 Å². The maximum atomic E-state index is 13.6. The summed E-state index contributed by atoms with van der Waals surface area (Å²) < 4.78 is 27.8. The predicted molar refractivity (Wildman–Crippen MR) is 143 cm³/mol. The van der Waals surface area contributed by atoms with Gasteiger partial charge in [-0.25, -0.2) is 8.42 Å². The molecule has 0 saturated carbocycles. The summed E-state index contributed by atoms with van der Waals surface area (Å²) in [7, 11) is -2.35. The summed E-state index contributed by atoms with van der Waals surface area (Å²) in [6, 6.07) is 27.9. The van der Waals surface area contributed by atoms with Crippen LogP contribution in [-0.2, 0) is 27.0 Å². The summed E-state index contributed by atoms with van der Waals surface area (Å²) in [5.41, 5.74) is 2.35. The van der Waals surface area contributed by atoms with Gasteiger partial charge in [0.25, 0.3) is 0 Å². The Morgan fingerprint density at radius 1 is 0.861 bits per heavy atom. The zero-order valence-electron chi connectivity index (χ0n) is 20.3. The van der Waals surface area contributed by atoms with E-state index in [0.29, 0.717) is 5.56 Å². The van der Waals surface area contributed by atoms with Crippen molar-refractivity contribution in [1.82, 2.24) is 9.62 Å². The van der Waals surface area contributed by atoms with Gasteiger partial charge in [0, 0.05) is 7.05 Å². The first-order chi connectivity index (χ1) is 17.2. The lowest BCUT2D eigenvalue weighted by Crippen LogP contribution is -2.49. The Balaban J connectivity index is 1.61. The zero-order valence-corrected chi connectivity index (χ0v) is 21.2. The third-order valence-corrected chi connectivity index (χ3v) is 8.22. The normalized spacial score (nSPS) is 13.4. The van der Waals surface area contributed by atoms with Gasteiger partial charge >= 0.3 is 0 Å². The first kappa shape index (κ1) is 25.4. The molecule has 4 aromatic carbocycles. The molecule has 0 saturated heterocycles. The maximum Gasteiger partial charge on any atom is 0.239 e. The van der Waals surface area contributed by atoms with Crippen molar-refractivity contribution >= 4 is 26.7 Å². The molecule has 0 aliphatic carbocycles. The number of nitrogens with zero attached hydrogens (tertiary/aromatic N) is 1. The molecule has 36 heavy (non-hydrogen) atoms. The minimum atomic E-state index is -3.80. The van der Waals surface area contributed by atoms with Gasteiger partial charge in [-0.2, -0.15) is 4.31 Å². The summed E-state index contributed by atoms with van der Waals surface area (Å²) in [5.74, 6) is -0.486. The fourth-order valence-electron chi connectivity index (χ4n) is 4.34. The van der Waals surface area contributed by atoms with Crippen molar-refractivity contribution < 1.29 is 18.3 Å². The second-order valence-corrected chi connectivity index (χ2v) is 11.0. The highest BCUT2D eigenvalue weighted by Gasteiger charge is 2.33. The number of hydrogen-bond donors (Lipinski definition) is 2. The molecule has 1 unspecified atom stereocenters. The number of fused-ring (bicyclic) bond motifs is 1. The Morgan fingerprint density at radius 3 is 2.22 bits per heavy atom. The lowest BCUT2D eigenvalue weighted by atomic mass is 9.99. The number of carbonyl (C=O) groups excluding carboxylic acids is 1. The predicted octanol–water partition coefficient (Wildman–Crippen LogP) is 4.80. The van der Waals surface area contributed by atoms with Crippen LogP contribution in [0.4, 0.5) is 0 Å². The molecule has 0 aliphatic heterocycles. The van der Waals surface area contributed by atoms with Gasteiger partial charge in [-0.1, -0.05) is 84.9 Å². The number of sulfonamides is 1. The van der Waals surface area contributed by atoms with Crippen LogP contribution in [0.15, 0.2) is 97.1 Å². The highest BCUT2D eigenvalue weighted by molar-refractivity contribution is 7.88. The number of nitrogens with one attached hydrogen (secondary N) is 1. The number of carbonyl (C=O) groups is 1. The molecule has 4 rings (SSSR count). The van der Waals surface area contributed by atoms with Gasteiger partial charge in [0.05, 0.1) is 11.8 Å². The van der Waals surface area contributed by atoms with E-state index in [1.54, 1.807) is 36.4 Å². The van der Waals surface area contributed by atoms with E-state index in [1.807, 2.05) is 55.5 Å². The van der Waals surface area contributed by atoms with Gasteiger partial charge in [-0.15, -0.1) is 0 Å². The molecular weight excluding hydrogens is 472 g/mol. The Labute approximate surface area is 212 Å². The average molecular weight is 503 g/mol. The van der Waals surface area contributed by atoms with E-state index < -0.39 is 16.1 Å². The number of hydrogen-bond acceptors (Lipinski definition) is 4. The van der Waals surface area contributed by atoms with Crippen molar-refractivity contribution in [3.63, 3.8) is 0 Å². The Kier molecular flexibility index (Phi) is 7.72. The van der Waals surface area contributed by atoms with E-state index in [1.165, 1.54) is 19.2 Å². The first-order valence-electron chi connectivity index (χ1n) is 11.8. The average Bonchev–Trinajstić information content (AvgIpc) is 2.87. The van der Waals surface area contributed by atoms with Crippen LogP contribution in [0.25, 0.3) is 10.8 Å². The molecule has 0 aromatic heterocycles. The fourth-order valence-corrected chi connectivity index (χ4v) is 5.71. The molecule has 2 N–H and O–H groups in total. The minimum absolute atomic E-state index is 0.106. The lowest BCUT2D eigenvalue weighted by Gasteiger charge is -2.28. The van der Waals surface area contributed by atoms with Gasteiger partial charge in [0.2, 0.25) is 15.9 Å². The van der Waals surface area contributed by atoms with Crippen LogP contribution in [0.2, 0.25) is 0 Å². The molecule has 1 amide bonds. The SMILES string of the molecule is CC(NC(=O)[C@H](Cc1ccc(O)cc1)N(C)S(=O)(=O)Cc1ccccc1)c1cccc2ccccc12. The third kappa shape index (κ3) is 5.93. The summed E-state index contributed by atoms with van der Waals surface area (Å²) in [5, 5.41) is 14.8. The molecule has 7 heteroatoms. The minimum Gasteiger partial charge on any atom is -0.508 e. The van der Waals surface area contributed by atoms with Crippen molar-refractivity contribution in [2.45, 2.75) is 31.2 Å². The number of rotatable bonds is 9. The Hall–Kier alpha value is -3.68. The van der Waals surface area contributed by atoms with Crippen molar-refractivity contribution in [3.05, 3.63) is 114 Å². The summed E-state index contributed by atoms with van der Waals surface area (Å²) in [4.78, 5) is 13.6. The monoisotopic (exact) mass is 502 g/mol. The van der Waals surface area contributed by atoms with Crippen LogP contribution in [0.5, 0.6) is 5.75 Å². The second kappa shape index (κ2) is 10.9. The summed E-state index contributed by atoms with van der Waals surface area (Å²) >= 11 is 0. The van der Waals surface area contributed by atoms with E-state index in [9.17, 15) is 18.3 Å². The highest BCUT2D eigenvalue weighted by Crippen LogP contribution is 2.25. The second-order valence-electron chi connectivity index (χ2n) is 8.94. The molecule has 0 radical (unpaired) electrons. The van der Waals surface area contributed by atoms with Crippen LogP contribution in [0.1, 0.15) is 29.7 Å². The number of phenolic OH excluding ortho intramolecular Hbond substituents is 1. The molecule has 0 heterocycles. The molecule has 0 spiro atoms. The largest absolute Gasteiger partial charge is 0.508 e. The number of phenols is 1. The number of amides is 1. The molecule has 4 aromatic rings. The van der Waals surface area contributed by atoms with Gasteiger partial charge in [-0.3, -0.25) is 4.79 Å². The smallest absolute Gasteiger partial charge is 0.239 e. The van der Waals surface area contributed by atoms with E-state index in [0.717, 1.165) is 26.2 Å². The molecule has 6 nitrogen and oxygen atoms in total. The summed E-state index contributed by atoms with van der Waals surface area (Å²) in [6.45, 7) is 1.90. The fraction of sp³-hybridized carbons (Fsp3) is 0.207. The molecular formula is C29H30N2O4S. The van der Waals surface area contributed by atoms with E-state index in [2.05, 4.69) is 5.32 Å². The Morgan fingerprint density at radius 2 is 1.50 bits per heavy atom. The Bertz CT molecular complexity index is 1430. The number of aromatic hydroxyl groups is 1. The van der Waals surface area contributed by atoms with Gasteiger partial charge in [-0.05, 0) is 52.9 Å². The van der Waals surface area contributed by atoms with Crippen molar-refractivity contribution in [2.24, 2.45) is 0 Å².